The molecular formula is C61H100O29. The van der Waals surface area contributed by atoms with Crippen LogP contribution in [0.5, 0.6) is 0 Å². The number of aliphatic hydroxyl groups is 17. The molecule has 0 bridgehead atoms. The van der Waals surface area contributed by atoms with E-state index in [2.05, 4.69) is 54.5 Å². The number of hydrogen-bond acceptors (Lipinski definition) is 29. The van der Waals surface area contributed by atoms with Crippen molar-refractivity contribution >= 4 is 5.97 Å². The molecule has 29 nitrogen and oxygen atoms in total. The van der Waals surface area contributed by atoms with Gasteiger partial charge in [-0.2, -0.15) is 0 Å². The van der Waals surface area contributed by atoms with Crippen molar-refractivity contribution in [3.05, 3.63) is 11.6 Å². The molecule has 0 aromatic heterocycles. The number of carbonyl (C=O) groups is 1. The maximum atomic E-state index is 13.4. The Kier molecular flexibility index (Phi) is 20.9. The summed E-state index contributed by atoms with van der Waals surface area (Å²) in [6.07, 6.45) is -36.6. The average molecular weight is 1300 g/mol. The zero-order valence-corrected chi connectivity index (χ0v) is 52.3. The van der Waals surface area contributed by atoms with Crippen LogP contribution in [0.25, 0.3) is 0 Å². The van der Waals surface area contributed by atoms with Gasteiger partial charge in [0.1, 0.15) is 122 Å². The van der Waals surface area contributed by atoms with E-state index in [1.165, 1.54) is 6.92 Å². The highest BCUT2D eigenvalue weighted by molar-refractivity contribution is 5.66. The van der Waals surface area contributed by atoms with Gasteiger partial charge in [0, 0.05) is 6.92 Å². The van der Waals surface area contributed by atoms with Crippen molar-refractivity contribution in [2.24, 2.45) is 50.2 Å². The summed E-state index contributed by atoms with van der Waals surface area (Å²) in [6, 6.07) is 0. The second-order valence-corrected chi connectivity index (χ2v) is 29.5. The highest BCUT2D eigenvalue weighted by Crippen LogP contribution is 2.76. The first-order valence-electron chi connectivity index (χ1n) is 31.8. The van der Waals surface area contributed by atoms with E-state index in [-0.39, 0.29) is 17.3 Å². The van der Waals surface area contributed by atoms with Gasteiger partial charge in [-0.15, -0.1) is 0 Å². The molecule has 5 aliphatic carbocycles. The second kappa shape index (κ2) is 26.5. The molecular weight excluding hydrogens is 1200 g/mol. The van der Waals surface area contributed by atoms with Crippen LogP contribution in [0.2, 0.25) is 0 Å². The van der Waals surface area contributed by atoms with Crippen LogP contribution in [0.3, 0.4) is 0 Å². The Morgan fingerprint density at radius 2 is 1.02 bits per heavy atom. The van der Waals surface area contributed by atoms with Gasteiger partial charge in [0.15, 0.2) is 31.5 Å². The van der Waals surface area contributed by atoms with E-state index in [9.17, 15) is 91.6 Å². The fraction of sp³-hybridized carbons (Fsp3) is 0.951. The number of hydrogen-bond donors (Lipinski definition) is 17. The molecule has 5 aliphatic heterocycles. The van der Waals surface area contributed by atoms with E-state index in [1.807, 2.05) is 0 Å². The molecule has 0 radical (unpaired) electrons. The van der Waals surface area contributed by atoms with Crippen molar-refractivity contribution < 1.29 is 144 Å². The van der Waals surface area contributed by atoms with Gasteiger partial charge in [0.25, 0.3) is 0 Å². The summed E-state index contributed by atoms with van der Waals surface area (Å²) in [5, 5.41) is 184. The molecule has 10 aliphatic rings. The Hall–Kier alpha value is -1.87. The minimum absolute atomic E-state index is 0.0311. The molecule has 0 amide bonds. The molecule has 34 atom stereocenters. The van der Waals surface area contributed by atoms with Gasteiger partial charge in [0.2, 0.25) is 0 Å². The van der Waals surface area contributed by atoms with Gasteiger partial charge in [-0.25, -0.2) is 0 Å². The van der Waals surface area contributed by atoms with E-state index in [0.29, 0.717) is 51.4 Å². The van der Waals surface area contributed by atoms with Gasteiger partial charge in [0.05, 0.1) is 57.3 Å². The average Bonchev–Trinajstić information content (AvgIpc) is 0.672. The first kappa shape index (κ1) is 70.9. The van der Waals surface area contributed by atoms with Gasteiger partial charge < -0.3 is 139 Å². The smallest absolute Gasteiger partial charge is 0.302 e. The van der Waals surface area contributed by atoms with Gasteiger partial charge in [-0.3, -0.25) is 4.79 Å². The molecule has 90 heavy (non-hydrogen) atoms. The predicted octanol–water partition coefficient (Wildman–Crippen LogP) is -4.59. The van der Waals surface area contributed by atoms with Crippen LogP contribution in [0.15, 0.2) is 11.6 Å². The van der Waals surface area contributed by atoms with Gasteiger partial charge >= 0.3 is 5.97 Å². The first-order valence-corrected chi connectivity index (χ1v) is 31.8. The monoisotopic (exact) mass is 1300 g/mol. The molecule has 34 unspecified atom stereocenters. The molecule has 10 rings (SSSR count). The highest BCUT2D eigenvalue weighted by atomic mass is 16.8. The third-order valence-electron chi connectivity index (χ3n) is 23.6. The molecule has 518 valence electrons. The van der Waals surface area contributed by atoms with Crippen LogP contribution in [-0.2, 0) is 56.9 Å². The van der Waals surface area contributed by atoms with E-state index >= 15 is 0 Å². The number of allylic oxidation sites excluding steroid dienone is 2. The zero-order chi connectivity index (χ0) is 65.9. The number of esters is 1. The van der Waals surface area contributed by atoms with E-state index in [1.54, 1.807) is 0 Å². The van der Waals surface area contributed by atoms with Crippen molar-refractivity contribution in [1.82, 2.24) is 0 Å². The number of carbonyl (C=O) groups excluding carboxylic acids is 1. The van der Waals surface area contributed by atoms with Crippen LogP contribution in [0.1, 0.15) is 107 Å². The topological polar surface area (TPSA) is 463 Å². The van der Waals surface area contributed by atoms with Crippen LogP contribution < -0.4 is 0 Å². The number of rotatable bonds is 16. The second-order valence-electron chi connectivity index (χ2n) is 29.5. The lowest BCUT2D eigenvalue weighted by Gasteiger charge is -2.72. The van der Waals surface area contributed by atoms with Crippen molar-refractivity contribution in [3.8, 4) is 0 Å². The molecule has 4 saturated carbocycles. The molecule has 0 aromatic rings. The Balaban J connectivity index is 0.916. The maximum Gasteiger partial charge on any atom is 0.302 e. The fourth-order valence-electron chi connectivity index (χ4n) is 18.3. The molecule has 5 saturated heterocycles. The maximum absolute atomic E-state index is 13.4. The zero-order valence-electron chi connectivity index (χ0n) is 52.3. The highest BCUT2D eigenvalue weighted by Gasteiger charge is 2.73. The number of fused-ring (bicyclic) bond motifs is 7. The third-order valence-corrected chi connectivity index (χ3v) is 23.6. The van der Waals surface area contributed by atoms with Crippen LogP contribution in [0.4, 0.5) is 0 Å². The lowest BCUT2D eigenvalue weighted by atomic mass is 9.33. The summed E-state index contributed by atoms with van der Waals surface area (Å²) in [7, 11) is 0. The van der Waals surface area contributed by atoms with Gasteiger partial charge in [-0.1, -0.05) is 60.1 Å². The van der Waals surface area contributed by atoms with E-state index in [0.717, 1.165) is 5.57 Å². The largest absolute Gasteiger partial charge is 0.462 e. The van der Waals surface area contributed by atoms with Crippen molar-refractivity contribution in [2.75, 3.05) is 39.6 Å². The van der Waals surface area contributed by atoms with E-state index < -0.39 is 244 Å². The standard InChI is InChI=1S/C61H100O29/c1-24(66)82-36-17-60(8)25(26-15-56(2,3)16-35(61(26,36)23-65)89-53-48(78)44(74)39(69)29(20-64)85-53)9-10-33-58(6)13-12-34(57(4,5)32(58)11-14-59(33,60)7)88-55-50(41(71)31(22-81-55)87-52-47(77)43(73)38(68)28(19-63)84-52)90-54-49(79)45(75)40(70)30(86-54)21-80-51-46(76)42(72)37(67)27(18-62)83-51/h9,26-55,62-65,67-79H,10-23H2,1-8H3. The molecule has 0 spiro atoms. The number of ether oxygens (including phenoxy) is 11. The van der Waals surface area contributed by atoms with Crippen LogP contribution in [0, 0.1) is 50.2 Å². The van der Waals surface area contributed by atoms with Crippen LogP contribution in [-0.4, -0.2) is 298 Å². The Morgan fingerprint density at radius 1 is 0.522 bits per heavy atom. The molecule has 17 N–H and O–H groups in total. The Morgan fingerprint density at radius 3 is 1.57 bits per heavy atom. The Bertz CT molecular complexity index is 2490. The predicted molar refractivity (Wildman–Crippen MR) is 302 cm³/mol. The summed E-state index contributed by atoms with van der Waals surface area (Å²) < 4.78 is 67.4. The summed E-state index contributed by atoms with van der Waals surface area (Å²) in [5.74, 6) is -0.979. The van der Waals surface area contributed by atoms with E-state index in [4.69, 9.17) is 52.1 Å². The Labute approximate surface area is 522 Å². The van der Waals surface area contributed by atoms with Crippen molar-refractivity contribution in [1.29, 1.82) is 0 Å². The first-order chi connectivity index (χ1) is 42.2. The van der Waals surface area contributed by atoms with Crippen molar-refractivity contribution in [3.63, 3.8) is 0 Å². The molecule has 29 heteroatoms. The minimum atomic E-state index is -2.03. The normalized spacial score (nSPS) is 53.5. The summed E-state index contributed by atoms with van der Waals surface area (Å²) >= 11 is 0. The minimum Gasteiger partial charge on any atom is -0.462 e. The fourth-order valence-corrected chi connectivity index (χ4v) is 18.3. The molecule has 9 fully saturated rings. The summed E-state index contributed by atoms with van der Waals surface area (Å²) in [4.78, 5) is 13.4. The summed E-state index contributed by atoms with van der Waals surface area (Å²) in [5.41, 5.74) is -2.71. The molecule has 5 heterocycles. The number of aliphatic hydroxyl groups excluding tert-OH is 17. The molecule has 0 aromatic carbocycles. The van der Waals surface area contributed by atoms with Crippen molar-refractivity contribution in [2.45, 2.75) is 272 Å². The SMILES string of the molecule is CC(=O)OC1CC2(C)C(=CCC3C4(C)CCC(OC5OCC(OC6OC(CO)C(O)C(O)C6O)C(O)C5OC5OC(COC6OC(CO)C(O)C(O)C6O)C(O)C(O)C5O)C(C)(C)C4CCC32C)C2CC(C)(C)CC(OC3OC(CO)C(O)C(O)C3O)C12CO. The third kappa shape index (κ3) is 12.0. The quantitative estimate of drug-likeness (QED) is 0.0393. The lowest BCUT2D eigenvalue weighted by molar-refractivity contribution is -0.385. The summed E-state index contributed by atoms with van der Waals surface area (Å²) in [6.45, 7) is 12.7. The lowest BCUT2D eigenvalue weighted by Crippen LogP contribution is -2.70. The van der Waals surface area contributed by atoms with Crippen LogP contribution >= 0.6 is 0 Å². The van der Waals surface area contributed by atoms with Gasteiger partial charge in [-0.05, 0) is 96.2 Å².